The number of rotatable bonds is 8. The first-order valence-corrected chi connectivity index (χ1v) is 8.47. The predicted octanol–water partition coefficient (Wildman–Crippen LogP) is 3.34. The number of carbonyl (C=O) groups is 2. The topological polar surface area (TPSA) is 67.9 Å². The van der Waals surface area contributed by atoms with Crippen molar-refractivity contribution in [2.75, 3.05) is 37.5 Å². The molecule has 0 bridgehead atoms. The fourth-order valence-corrected chi connectivity index (χ4v) is 2.16. The summed E-state index contributed by atoms with van der Waals surface area (Å²) in [5.74, 6) is -0.244. The zero-order valence-corrected chi connectivity index (χ0v) is 15.3. The van der Waals surface area contributed by atoms with E-state index in [1.807, 2.05) is 38.1 Å². The summed E-state index contributed by atoms with van der Waals surface area (Å²) in [5.41, 5.74) is 2.05. The van der Waals surface area contributed by atoms with Crippen molar-refractivity contribution in [1.82, 2.24) is 0 Å². The number of carbonyl (C=O) groups excluding carboxylic acids is 2. The van der Waals surface area contributed by atoms with Gasteiger partial charge in [-0.2, -0.15) is 0 Å². The van der Waals surface area contributed by atoms with Crippen LogP contribution in [-0.4, -0.2) is 39.2 Å². The molecule has 2 aromatic carbocycles. The highest BCUT2D eigenvalue weighted by Crippen LogP contribution is 2.16. The normalized spacial score (nSPS) is 10.1. The van der Waals surface area contributed by atoms with Crippen LogP contribution in [0.1, 0.15) is 23.7 Å². The minimum Gasteiger partial charge on any atom is -0.494 e. The Morgan fingerprint density at radius 2 is 1.65 bits per heavy atom. The third kappa shape index (κ3) is 5.81. The summed E-state index contributed by atoms with van der Waals surface area (Å²) < 4.78 is 10.5. The van der Waals surface area contributed by atoms with Crippen molar-refractivity contribution < 1.29 is 19.1 Å². The summed E-state index contributed by atoms with van der Waals surface area (Å²) in [6.45, 7) is 2.30. The van der Waals surface area contributed by atoms with Crippen molar-refractivity contribution in [2.45, 2.75) is 13.3 Å². The molecule has 0 unspecified atom stereocenters. The molecule has 0 aliphatic carbocycles. The largest absolute Gasteiger partial charge is 0.494 e. The van der Waals surface area contributed by atoms with E-state index in [1.165, 1.54) is 0 Å². The van der Waals surface area contributed by atoms with Crippen LogP contribution in [0.25, 0.3) is 0 Å². The Morgan fingerprint density at radius 3 is 2.23 bits per heavy atom. The number of anilines is 2. The smallest absolute Gasteiger partial charge is 0.338 e. The van der Waals surface area contributed by atoms with Gasteiger partial charge in [-0.05, 0) is 55.0 Å². The lowest BCUT2D eigenvalue weighted by atomic mass is 10.2. The third-order valence-electron chi connectivity index (χ3n) is 3.56. The molecule has 0 fully saturated rings. The van der Waals surface area contributed by atoms with Gasteiger partial charge in [0.1, 0.15) is 5.75 Å². The summed E-state index contributed by atoms with van der Waals surface area (Å²) in [7, 11) is 3.88. The van der Waals surface area contributed by atoms with Gasteiger partial charge in [0.2, 0.25) is 0 Å². The fraction of sp³-hybridized carbons (Fsp3) is 0.300. The molecule has 1 N–H and O–H groups in total. The summed E-state index contributed by atoms with van der Waals surface area (Å²) >= 11 is 0. The van der Waals surface area contributed by atoms with E-state index in [1.54, 1.807) is 36.4 Å². The lowest BCUT2D eigenvalue weighted by molar-refractivity contribution is -0.119. The van der Waals surface area contributed by atoms with E-state index in [9.17, 15) is 9.59 Å². The highest BCUT2D eigenvalue weighted by atomic mass is 16.5. The Morgan fingerprint density at radius 1 is 1.00 bits per heavy atom. The molecule has 0 saturated heterocycles. The molecule has 0 aliphatic heterocycles. The molecule has 2 rings (SSSR count). The van der Waals surface area contributed by atoms with Crippen molar-refractivity contribution in [1.29, 1.82) is 0 Å². The zero-order chi connectivity index (χ0) is 18.9. The Kier molecular flexibility index (Phi) is 7.02. The molecular weight excluding hydrogens is 332 g/mol. The van der Waals surface area contributed by atoms with Gasteiger partial charge in [0.25, 0.3) is 5.91 Å². The number of amides is 1. The first-order valence-electron chi connectivity index (χ1n) is 8.47. The first-order chi connectivity index (χ1) is 12.5. The monoisotopic (exact) mass is 356 g/mol. The predicted molar refractivity (Wildman–Crippen MR) is 102 cm³/mol. The number of nitrogens with one attached hydrogen (secondary N) is 1. The van der Waals surface area contributed by atoms with E-state index in [0.717, 1.165) is 12.1 Å². The van der Waals surface area contributed by atoms with Crippen LogP contribution in [-0.2, 0) is 9.53 Å². The summed E-state index contributed by atoms with van der Waals surface area (Å²) in [6, 6.07) is 14.0. The van der Waals surface area contributed by atoms with Crippen LogP contribution in [0.4, 0.5) is 11.4 Å². The maximum atomic E-state index is 12.0. The van der Waals surface area contributed by atoms with Gasteiger partial charge in [-0.3, -0.25) is 4.79 Å². The quantitative estimate of drug-likeness (QED) is 0.735. The Bertz CT molecular complexity index is 724. The minimum absolute atomic E-state index is 0.345. The van der Waals surface area contributed by atoms with Crippen LogP contribution >= 0.6 is 0 Å². The average Bonchev–Trinajstić information content (AvgIpc) is 2.65. The summed E-state index contributed by atoms with van der Waals surface area (Å²) in [6.07, 6.45) is 0.913. The van der Waals surface area contributed by atoms with Gasteiger partial charge in [-0.25, -0.2) is 4.79 Å². The SMILES string of the molecule is CCCOc1ccc(C(=O)OCC(=O)Nc2ccc(N(C)C)cc2)cc1. The first kappa shape index (κ1) is 19.3. The Balaban J connectivity index is 1.81. The van der Waals surface area contributed by atoms with Crippen molar-refractivity contribution in [3.8, 4) is 5.75 Å². The number of hydrogen-bond donors (Lipinski definition) is 1. The lowest BCUT2D eigenvalue weighted by Crippen LogP contribution is -2.21. The Hall–Kier alpha value is -3.02. The van der Waals surface area contributed by atoms with Crippen molar-refractivity contribution in [3.05, 3.63) is 54.1 Å². The molecule has 2 aromatic rings. The van der Waals surface area contributed by atoms with Gasteiger partial charge in [0.05, 0.1) is 12.2 Å². The number of nitrogens with zero attached hydrogens (tertiary/aromatic N) is 1. The van der Waals surface area contributed by atoms with Crippen LogP contribution in [0.2, 0.25) is 0 Å². The van der Waals surface area contributed by atoms with E-state index in [4.69, 9.17) is 9.47 Å². The van der Waals surface area contributed by atoms with Crippen molar-refractivity contribution in [2.24, 2.45) is 0 Å². The molecule has 0 radical (unpaired) electrons. The van der Waals surface area contributed by atoms with E-state index >= 15 is 0 Å². The third-order valence-corrected chi connectivity index (χ3v) is 3.56. The average molecular weight is 356 g/mol. The van der Waals surface area contributed by atoms with Crippen LogP contribution in [0, 0.1) is 0 Å². The molecule has 26 heavy (non-hydrogen) atoms. The molecule has 0 saturated carbocycles. The highest BCUT2D eigenvalue weighted by Gasteiger charge is 2.11. The minimum atomic E-state index is -0.551. The van der Waals surface area contributed by atoms with E-state index < -0.39 is 5.97 Å². The van der Waals surface area contributed by atoms with Gasteiger partial charge < -0.3 is 19.7 Å². The van der Waals surface area contributed by atoms with Gasteiger partial charge in [0, 0.05) is 25.5 Å². The van der Waals surface area contributed by atoms with Crippen LogP contribution < -0.4 is 15.0 Å². The maximum Gasteiger partial charge on any atom is 0.338 e. The zero-order valence-electron chi connectivity index (χ0n) is 15.3. The fourth-order valence-electron chi connectivity index (χ4n) is 2.16. The molecule has 6 heteroatoms. The molecule has 1 amide bonds. The summed E-state index contributed by atoms with van der Waals surface area (Å²) in [4.78, 5) is 25.9. The molecule has 0 spiro atoms. The van der Waals surface area contributed by atoms with Crippen molar-refractivity contribution >= 4 is 23.3 Å². The van der Waals surface area contributed by atoms with Gasteiger partial charge in [-0.15, -0.1) is 0 Å². The number of esters is 1. The number of hydrogen-bond acceptors (Lipinski definition) is 5. The van der Waals surface area contributed by atoms with E-state index in [-0.39, 0.29) is 12.5 Å². The number of ether oxygens (including phenoxy) is 2. The second kappa shape index (κ2) is 9.46. The van der Waals surface area contributed by atoms with Crippen LogP contribution in [0.15, 0.2) is 48.5 Å². The standard InChI is InChI=1S/C20H24N2O4/c1-4-13-25-18-11-5-15(6-12-18)20(24)26-14-19(23)21-16-7-9-17(10-8-16)22(2)3/h5-12H,4,13-14H2,1-3H3,(H,21,23). The lowest BCUT2D eigenvalue weighted by Gasteiger charge is -2.13. The maximum absolute atomic E-state index is 12.0. The van der Waals surface area contributed by atoms with Gasteiger partial charge in [-0.1, -0.05) is 6.92 Å². The Labute approximate surface area is 153 Å². The van der Waals surface area contributed by atoms with E-state index in [2.05, 4.69) is 5.32 Å². The second-order valence-corrected chi connectivity index (χ2v) is 5.94. The highest BCUT2D eigenvalue weighted by molar-refractivity contribution is 5.95. The molecule has 0 aliphatic rings. The molecule has 0 aromatic heterocycles. The van der Waals surface area contributed by atoms with Crippen molar-refractivity contribution in [3.63, 3.8) is 0 Å². The van der Waals surface area contributed by atoms with Gasteiger partial charge >= 0.3 is 5.97 Å². The molecule has 0 atom stereocenters. The van der Waals surface area contributed by atoms with Crippen LogP contribution in [0.5, 0.6) is 5.75 Å². The van der Waals surface area contributed by atoms with E-state index in [0.29, 0.717) is 23.6 Å². The second-order valence-electron chi connectivity index (χ2n) is 5.94. The molecule has 138 valence electrons. The van der Waals surface area contributed by atoms with Gasteiger partial charge in [0.15, 0.2) is 6.61 Å². The molecular formula is C20H24N2O4. The number of benzene rings is 2. The molecule has 6 nitrogen and oxygen atoms in total. The summed E-state index contributed by atoms with van der Waals surface area (Å²) in [5, 5.41) is 2.69. The molecule has 0 heterocycles. The van der Waals surface area contributed by atoms with Crippen LogP contribution in [0.3, 0.4) is 0 Å².